The van der Waals surface area contributed by atoms with Crippen molar-refractivity contribution in [3.05, 3.63) is 11.6 Å². The number of hydrogen-bond donors (Lipinski definition) is 12. The Bertz CT molecular complexity index is 2000. The van der Waals surface area contributed by atoms with Gasteiger partial charge in [0.15, 0.2) is 25.0 Å². The second-order valence-electron chi connectivity index (χ2n) is 24.3. The Labute approximate surface area is 414 Å². The highest BCUT2D eigenvalue weighted by Gasteiger charge is 2.73. The largest absolute Gasteiger partial charge is 0.479 e. The van der Waals surface area contributed by atoms with Crippen molar-refractivity contribution in [1.29, 1.82) is 0 Å². The predicted octanol–water partition coefficient (Wildman–Crippen LogP) is -0.783. The Balaban J connectivity index is 1.10. The van der Waals surface area contributed by atoms with Gasteiger partial charge in [-0.3, -0.25) is 4.79 Å². The minimum atomic E-state index is -2.04. The van der Waals surface area contributed by atoms with Crippen LogP contribution in [0.2, 0.25) is 0 Å². The Morgan fingerprint density at radius 3 is 1.90 bits per heavy atom. The first kappa shape index (κ1) is 55.2. The van der Waals surface area contributed by atoms with E-state index in [4.69, 9.17) is 33.2 Å². The molecule has 8 aliphatic rings. The quantitative estimate of drug-likeness (QED) is 0.0725. The lowest BCUT2D eigenvalue weighted by Crippen LogP contribution is -2.72. The number of ether oxygens (including phenoxy) is 7. The van der Waals surface area contributed by atoms with Crippen LogP contribution in [0, 0.1) is 50.2 Å². The molecule has 71 heavy (non-hydrogen) atoms. The maximum absolute atomic E-state index is 13.0. The monoisotopic (exact) mass is 1020 g/mol. The van der Waals surface area contributed by atoms with Gasteiger partial charge in [-0.15, -0.1) is 0 Å². The van der Waals surface area contributed by atoms with Crippen molar-refractivity contribution in [2.75, 3.05) is 13.2 Å². The Morgan fingerprint density at radius 1 is 0.676 bits per heavy atom. The summed E-state index contributed by atoms with van der Waals surface area (Å²) < 4.78 is 42.3. The maximum atomic E-state index is 13.0. The smallest absolute Gasteiger partial charge is 0.335 e. The van der Waals surface area contributed by atoms with E-state index in [-0.39, 0.29) is 22.7 Å². The average Bonchev–Trinajstić information content (AvgIpc) is 3.29. The summed E-state index contributed by atoms with van der Waals surface area (Å²) >= 11 is 0. The molecule has 7 fully saturated rings. The molecule has 0 aromatic carbocycles. The van der Waals surface area contributed by atoms with Crippen LogP contribution in [-0.2, 0) is 42.7 Å². The standard InChI is InChI=1S/C50H80O21/c1-20-29(54)31(56)33(58)42(65-20)69-36-35(60)37(70-43-34(59)32(57)30(55)24(18-51)67-43)44(71-38(36)41(63)64)68-27-13-14-47(7)25(46(27,5)6)12-15-48(8)26(47)11-10-22-23-16-45(3,4)39(61)40(62)50(23,19-52)28(66-21(2)53)17-49(22,48)9/h10,20,23-40,42-44,51-52,54-62H,11-19H2,1-9H3,(H,63,64)/t20-,23-,24+,25-,26+,27-,28+,29-,30-,31+,32-,33+,34+,35-,36-,37+,38-,39-,40-,42-,43-,44+,47-,48+,49+,50-/m0/s1. The number of carboxylic acids is 1. The summed E-state index contributed by atoms with van der Waals surface area (Å²) in [7, 11) is 0. The molecule has 5 aliphatic carbocycles. The van der Waals surface area contributed by atoms with Crippen molar-refractivity contribution in [3.8, 4) is 0 Å². The van der Waals surface area contributed by atoms with Crippen LogP contribution in [0.25, 0.3) is 0 Å². The summed E-state index contributed by atoms with van der Waals surface area (Å²) in [4.78, 5) is 25.9. The van der Waals surface area contributed by atoms with E-state index in [1.807, 2.05) is 13.8 Å². The summed E-state index contributed by atoms with van der Waals surface area (Å²) in [5, 5.41) is 131. The normalized spacial score (nSPS) is 53.5. The molecular formula is C50H80O21. The van der Waals surface area contributed by atoms with Gasteiger partial charge in [-0.05, 0) is 96.7 Å². The Morgan fingerprint density at radius 2 is 1.30 bits per heavy atom. The van der Waals surface area contributed by atoms with Crippen molar-refractivity contribution >= 4 is 11.9 Å². The topological polar surface area (TPSA) is 342 Å². The van der Waals surface area contributed by atoms with Gasteiger partial charge >= 0.3 is 11.9 Å². The zero-order chi connectivity index (χ0) is 52.5. The number of fused-ring (bicyclic) bond motifs is 7. The third kappa shape index (κ3) is 8.47. The molecular weight excluding hydrogens is 937 g/mol. The fourth-order valence-corrected chi connectivity index (χ4v) is 15.6. The first-order chi connectivity index (χ1) is 33.0. The molecule has 0 aromatic heterocycles. The third-order valence-corrected chi connectivity index (χ3v) is 19.9. The lowest BCUT2D eigenvalue weighted by atomic mass is 9.33. The molecule has 0 unspecified atom stereocenters. The van der Waals surface area contributed by atoms with Gasteiger partial charge in [-0.25, -0.2) is 4.79 Å². The summed E-state index contributed by atoms with van der Waals surface area (Å²) in [6, 6.07) is 0. The molecule has 26 atom stereocenters. The van der Waals surface area contributed by atoms with Gasteiger partial charge in [0.1, 0.15) is 67.1 Å². The van der Waals surface area contributed by atoms with Crippen molar-refractivity contribution in [2.24, 2.45) is 50.2 Å². The number of aliphatic hydroxyl groups excluding tert-OH is 11. The highest BCUT2D eigenvalue weighted by molar-refractivity contribution is 5.73. The molecule has 21 heteroatoms. The molecule has 0 spiro atoms. The zero-order valence-corrected chi connectivity index (χ0v) is 42.2. The number of aliphatic carboxylic acids is 1. The summed E-state index contributed by atoms with van der Waals surface area (Å²) in [5.41, 5.74) is -2.93. The highest BCUT2D eigenvalue weighted by Crippen LogP contribution is 2.76. The van der Waals surface area contributed by atoms with Gasteiger partial charge in [-0.2, -0.15) is 0 Å². The number of carbonyl (C=O) groups is 2. The molecule has 21 nitrogen and oxygen atoms in total. The lowest BCUT2D eigenvalue weighted by Gasteiger charge is -2.72. The van der Waals surface area contributed by atoms with Crippen LogP contribution in [0.15, 0.2) is 11.6 Å². The van der Waals surface area contributed by atoms with Crippen molar-refractivity contribution in [3.63, 3.8) is 0 Å². The van der Waals surface area contributed by atoms with E-state index in [2.05, 4.69) is 40.7 Å². The second-order valence-corrected chi connectivity index (χ2v) is 24.3. The van der Waals surface area contributed by atoms with Crippen molar-refractivity contribution in [2.45, 2.75) is 224 Å². The van der Waals surface area contributed by atoms with Gasteiger partial charge < -0.3 is 94.4 Å². The molecule has 0 amide bonds. The van der Waals surface area contributed by atoms with Gasteiger partial charge in [0.2, 0.25) is 0 Å². The summed E-state index contributed by atoms with van der Waals surface area (Å²) in [6.07, 6.45) is -24.4. The molecule has 406 valence electrons. The fraction of sp³-hybridized carbons (Fsp3) is 0.920. The molecule has 8 rings (SSSR count). The number of allylic oxidation sites excluding steroid dienone is 2. The third-order valence-electron chi connectivity index (χ3n) is 19.9. The number of hydrogen-bond acceptors (Lipinski definition) is 20. The predicted molar refractivity (Wildman–Crippen MR) is 243 cm³/mol. The lowest BCUT2D eigenvalue weighted by molar-refractivity contribution is -0.390. The molecule has 12 N–H and O–H groups in total. The van der Waals surface area contributed by atoms with E-state index in [1.54, 1.807) is 0 Å². The van der Waals surface area contributed by atoms with Gasteiger partial charge in [0.25, 0.3) is 0 Å². The van der Waals surface area contributed by atoms with E-state index >= 15 is 0 Å². The first-order valence-electron chi connectivity index (χ1n) is 25.4. The molecule has 4 saturated carbocycles. The first-order valence-corrected chi connectivity index (χ1v) is 25.4. The Kier molecular flexibility index (Phi) is 15.0. The van der Waals surface area contributed by atoms with Gasteiger partial charge in [0.05, 0.1) is 43.0 Å². The molecule has 0 radical (unpaired) electrons. The summed E-state index contributed by atoms with van der Waals surface area (Å²) in [6.45, 7) is 16.2. The molecule has 3 aliphatic heterocycles. The van der Waals surface area contributed by atoms with Crippen molar-refractivity contribution in [1.82, 2.24) is 0 Å². The van der Waals surface area contributed by atoms with Crippen LogP contribution in [0.1, 0.15) is 107 Å². The van der Waals surface area contributed by atoms with E-state index < -0.39 is 169 Å². The number of rotatable bonds is 10. The molecule has 0 aromatic rings. The SMILES string of the molecule is CC(=O)O[C@@H]1C[C@]2(C)C(=CC[C@@H]3[C@@]4(C)CC[C@H](O[C@@H]5O[C@H](C(=O)O)[C@@H](O[C@@H]6O[C@@H](C)[C@H](O)[C@@H](O)[C@H]6O)[C@H](O)[C@H]5O[C@@H]5O[C@H](CO)[C@H](O)[C@H](O)[C@H]5O)C(C)(C)[C@@H]4CC[C@]32C)[C@@H]2CC(C)(C)[C@@H](O)[C@H](O)[C@]12CO. The Hall–Kier alpha value is -2.00. The van der Waals surface area contributed by atoms with Crippen LogP contribution in [0.3, 0.4) is 0 Å². The van der Waals surface area contributed by atoms with Crippen LogP contribution in [0.4, 0.5) is 0 Å². The molecule has 3 saturated heterocycles. The van der Waals surface area contributed by atoms with E-state index in [0.717, 1.165) is 12.0 Å². The minimum absolute atomic E-state index is 0.0289. The second kappa shape index (κ2) is 19.2. The molecule has 0 bridgehead atoms. The van der Waals surface area contributed by atoms with E-state index in [0.29, 0.717) is 38.5 Å². The van der Waals surface area contributed by atoms with E-state index in [9.17, 15) is 70.9 Å². The van der Waals surface area contributed by atoms with Crippen LogP contribution in [-0.4, -0.2) is 203 Å². The van der Waals surface area contributed by atoms with Crippen LogP contribution < -0.4 is 0 Å². The fourth-order valence-electron chi connectivity index (χ4n) is 15.6. The van der Waals surface area contributed by atoms with Crippen LogP contribution in [0.5, 0.6) is 0 Å². The number of carbonyl (C=O) groups excluding carboxylic acids is 1. The average molecular weight is 1020 g/mol. The molecule has 3 heterocycles. The maximum Gasteiger partial charge on any atom is 0.335 e. The van der Waals surface area contributed by atoms with Crippen LogP contribution >= 0.6 is 0 Å². The number of esters is 1. The number of carboxylic acid groups (broad SMARTS) is 1. The van der Waals surface area contributed by atoms with Crippen molar-refractivity contribution < 1.29 is 104 Å². The van der Waals surface area contributed by atoms with Gasteiger partial charge in [0, 0.05) is 6.92 Å². The summed E-state index contributed by atoms with van der Waals surface area (Å²) in [5.74, 6) is -2.53. The highest BCUT2D eigenvalue weighted by atomic mass is 16.8. The van der Waals surface area contributed by atoms with Gasteiger partial charge in [-0.1, -0.05) is 60.1 Å². The minimum Gasteiger partial charge on any atom is -0.479 e. The number of aliphatic hydroxyl groups is 11. The zero-order valence-electron chi connectivity index (χ0n) is 42.2. The van der Waals surface area contributed by atoms with E-state index in [1.165, 1.54) is 13.8 Å².